The predicted octanol–water partition coefficient (Wildman–Crippen LogP) is 1.94. The first-order chi connectivity index (χ1) is 8.58. The molecule has 0 bridgehead atoms. The number of rotatable bonds is 7. The van der Waals surface area contributed by atoms with E-state index in [1.807, 2.05) is 11.7 Å². The topological polar surface area (TPSA) is 39.1 Å². The lowest BCUT2D eigenvalue weighted by atomic mass is 10.0. The highest BCUT2D eigenvalue weighted by atomic mass is 16.5. The third-order valence-corrected chi connectivity index (χ3v) is 4.25. The smallest absolute Gasteiger partial charge is 0.0641 e. The SMILES string of the molecule is COCCC1(CNCc2c(C)nn(C)c2C)CC1. The number of aromatic nitrogens is 2. The van der Waals surface area contributed by atoms with E-state index in [4.69, 9.17) is 4.74 Å². The molecule has 0 amide bonds. The number of methoxy groups -OCH3 is 1. The largest absolute Gasteiger partial charge is 0.385 e. The van der Waals surface area contributed by atoms with Gasteiger partial charge in [0, 0.05) is 45.1 Å². The number of aryl methyl sites for hydroxylation is 2. The second-order valence-electron chi connectivity index (χ2n) is 5.62. The predicted molar refractivity (Wildman–Crippen MR) is 72.5 cm³/mol. The lowest BCUT2D eigenvalue weighted by molar-refractivity contribution is 0.171. The van der Waals surface area contributed by atoms with E-state index >= 15 is 0 Å². The summed E-state index contributed by atoms with van der Waals surface area (Å²) in [5.74, 6) is 0. The Bertz CT molecular complexity index is 407. The highest BCUT2D eigenvalue weighted by molar-refractivity contribution is 5.24. The summed E-state index contributed by atoms with van der Waals surface area (Å²) < 4.78 is 7.15. The van der Waals surface area contributed by atoms with Crippen LogP contribution >= 0.6 is 0 Å². The molecule has 1 aliphatic carbocycles. The Labute approximate surface area is 110 Å². The van der Waals surface area contributed by atoms with Crippen molar-refractivity contribution < 1.29 is 4.74 Å². The van der Waals surface area contributed by atoms with Crippen LogP contribution in [0.2, 0.25) is 0 Å². The first kappa shape index (κ1) is 13.6. The van der Waals surface area contributed by atoms with Gasteiger partial charge in [0.2, 0.25) is 0 Å². The summed E-state index contributed by atoms with van der Waals surface area (Å²) in [7, 11) is 3.79. The van der Waals surface area contributed by atoms with E-state index in [0.717, 1.165) is 25.4 Å². The molecule has 4 nitrogen and oxygen atoms in total. The molecule has 1 aliphatic rings. The molecule has 0 aliphatic heterocycles. The Balaban J connectivity index is 1.82. The van der Waals surface area contributed by atoms with Gasteiger partial charge in [-0.25, -0.2) is 0 Å². The van der Waals surface area contributed by atoms with Gasteiger partial charge in [0.1, 0.15) is 0 Å². The van der Waals surface area contributed by atoms with Crippen LogP contribution in [-0.2, 0) is 18.3 Å². The molecule has 0 atom stereocenters. The van der Waals surface area contributed by atoms with E-state index in [1.165, 1.54) is 30.5 Å². The van der Waals surface area contributed by atoms with Crippen LogP contribution in [0.3, 0.4) is 0 Å². The average molecular weight is 251 g/mol. The maximum atomic E-state index is 5.18. The number of nitrogens with one attached hydrogen (secondary N) is 1. The third kappa shape index (κ3) is 2.93. The van der Waals surface area contributed by atoms with Crippen LogP contribution in [0.1, 0.15) is 36.2 Å². The number of ether oxygens (including phenoxy) is 1. The molecule has 1 N–H and O–H groups in total. The minimum Gasteiger partial charge on any atom is -0.385 e. The molecule has 0 saturated heterocycles. The molecule has 1 aromatic heterocycles. The van der Waals surface area contributed by atoms with Crippen molar-refractivity contribution in [3.05, 3.63) is 17.0 Å². The number of nitrogens with zero attached hydrogens (tertiary/aromatic N) is 2. The molecule has 0 aromatic carbocycles. The van der Waals surface area contributed by atoms with Crippen molar-refractivity contribution in [2.24, 2.45) is 12.5 Å². The summed E-state index contributed by atoms with van der Waals surface area (Å²) in [6.45, 7) is 7.13. The summed E-state index contributed by atoms with van der Waals surface area (Å²) in [6.07, 6.45) is 3.87. The average Bonchev–Trinajstić information content (AvgIpc) is 3.06. The first-order valence-electron chi connectivity index (χ1n) is 6.77. The van der Waals surface area contributed by atoms with Gasteiger partial charge >= 0.3 is 0 Å². The van der Waals surface area contributed by atoms with Gasteiger partial charge in [-0.2, -0.15) is 5.10 Å². The zero-order chi connectivity index (χ0) is 13.2. The van der Waals surface area contributed by atoms with Crippen LogP contribution in [0.5, 0.6) is 0 Å². The summed E-state index contributed by atoms with van der Waals surface area (Å²) in [6, 6.07) is 0. The van der Waals surface area contributed by atoms with E-state index in [0.29, 0.717) is 5.41 Å². The molecule has 18 heavy (non-hydrogen) atoms. The van der Waals surface area contributed by atoms with Crippen LogP contribution in [0, 0.1) is 19.3 Å². The minimum absolute atomic E-state index is 0.514. The molecule has 102 valence electrons. The summed E-state index contributed by atoms with van der Waals surface area (Å²) in [5, 5.41) is 8.05. The fraction of sp³-hybridized carbons (Fsp3) is 0.786. The van der Waals surface area contributed by atoms with Crippen LogP contribution in [0.15, 0.2) is 0 Å². The fourth-order valence-electron chi connectivity index (χ4n) is 2.54. The van der Waals surface area contributed by atoms with Gasteiger partial charge in [0.25, 0.3) is 0 Å². The lowest BCUT2D eigenvalue weighted by Crippen LogP contribution is -2.25. The first-order valence-corrected chi connectivity index (χ1v) is 6.77. The molecule has 0 unspecified atom stereocenters. The van der Waals surface area contributed by atoms with Crippen LogP contribution in [0.4, 0.5) is 0 Å². The highest BCUT2D eigenvalue weighted by Gasteiger charge is 2.41. The highest BCUT2D eigenvalue weighted by Crippen LogP contribution is 2.48. The van der Waals surface area contributed by atoms with Gasteiger partial charge in [-0.3, -0.25) is 4.68 Å². The summed E-state index contributed by atoms with van der Waals surface area (Å²) in [4.78, 5) is 0. The number of hydrogen-bond acceptors (Lipinski definition) is 3. The summed E-state index contributed by atoms with van der Waals surface area (Å²) >= 11 is 0. The van der Waals surface area contributed by atoms with Crippen LogP contribution in [0.25, 0.3) is 0 Å². The molecule has 2 rings (SSSR count). The Morgan fingerprint density at radius 1 is 1.39 bits per heavy atom. The van der Waals surface area contributed by atoms with Crippen molar-refractivity contribution in [2.45, 2.75) is 39.7 Å². The second-order valence-corrected chi connectivity index (χ2v) is 5.62. The zero-order valence-corrected chi connectivity index (χ0v) is 12.0. The van der Waals surface area contributed by atoms with Crippen molar-refractivity contribution in [3.63, 3.8) is 0 Å². The molecule has 0 spiro atoms. The van der Waals surface area contributed by atoms with E-state index in [2.05, 4.69) is 24.3 Å². The third-order valence-electron chi connectivity index (χ3n) is 4.25. The standard InChI is InChI=1S/C14H25N3O/c1-11-13(12(2)17(3)16-11)9-15-10-14(5-6-14)7-8-18-4/h15H,5-10H2,1-4H3. The van der Waals surface area contributed by atoms with Crippen molar-refractivity contribution in [2.75, 3.05) is 20.3 Å². The maximum absolute atomic E-state index is 5.18. The molecule has 4 heteroatoms. The van der Waals surface area contributed by atoms with Crippen molar-refractivity contribution >= 4 is 0 Å². The van der Waals surface area contributed by atoms with E-state index < -0.39 is 0 Å². The van der Waals surface area contributed by atoms with E-state index in [1.54, 1.807) is 7.11 Å². The monoisotopic (exact) mass is 251 g/mol. The van der Waals surface area contributed by atoms with Gasteiger partial charge in [-0.1, -0.05) is 0 Å². The Kier molecular flexibility index (Phi) is 4.07. The fourth-order valence-corrected chi connectivity index (χ4v) is 2.54. The molecule has 1 aromatic rings. The zero-order valence-electron chi connectivity index (χ0n) is 12.0. The summed E-state index contributed by atoms with van der Waals surface area (Å²) in [5.41, 5.74) is 4.27. The Morgan fingerprint density at radius 3 is 2.61 bits per heavy atom. The van der Waals surface area contributed by atoms with Gasteiger partial charge < -0.3 is 10.1 Å². The van der Waals surface area contributed by atoms with Gasteiger partial charge in [-0.05, 0) is 38.5 Å². The van der Waals surface area contributed by atoms with E-state index in [9.17, 15) is 0 Å². The molecule has 1 saturated carbocycles. The van der Waals surface area contributed by atoms with E-state index in [-0.39, 0.29) is 0 Å². The normalized spacial score (nSPS) is 17.1. The second kappa shape index (κ2) is 5.41. The Morgan fingerprint density at radius 2 is 2.11 bits per heavy atom. The van der Waals surface area contributed by atoms with Gasteiger partial charge in [0.05, 0.1) is 5.69 Å². The molecular weight excluding hydrogens is 226 g/mol. The van der Waals surface area contributed by atoms with Gasteiger partial charge in [0.15, 0.2) is 0 Å². The lowest BCUT2D eigenvalue weighted by Gasteiger charge is -2.15. The molecular formula is C14H25N3O. The van der Waals surface area contributed by atoms with Gasteiger partial charge in [-0.15, -0.1) is 0 Å². The van der Waals surface area contributed by atoms with Crippen LogP contribution in [-0.4, -0.2) is 30.0 Å². The molecule has 1 fully saturated rings. The van der Waals surface area contributed by atoms with Crippen molar-refractivity contribution in [1.29, 1.82) is 0 Å². The van der Waals surface area contributed by atoms with Crippen molar-refractivity contribution in [3.8, 4) is 0 Å². The van der Waals surface area contributed by atoms with Crippen LogP contribution < -0.4 is 5.32 Å². The molecule has 0 radical (unpaired) electrons. The molecule has 1 heterocycles. The quantitative estimate of drug-likeness (QED) is 0.805. The minimum atomic E-state index is 0.514. The van der Waals surface area contributed by atoms with Crippen molar-refractivity contribution in [1.82, 2.24) is 15.1 Å². The Hall–Kier alpha value is -0.870. The maximum Gasteiger partial charge on any atom is 0.0641 e. The number of hydrogen-bond donors (Lipinski definition) is 1.